The Bertz CT molecular complexity index is 482. The van der Waals surface area contributed by atoms with Gasteiger partial charge >= 0.3 is 6.03 Å². The molecular weight excluding hydrogens is 280 g/mol. The molecule has 6 nitrogen and oxygen atoms in total. The molecule has 124 valence electrons. The number of unbranched alkanes of at least 4 members (excludes halogenated alkanes) is 6. The number of carbonyl (C=O) groups is 2. The molecule has 0 fully saturated rings. The van der Waals surface area contributed by atoms with Crippen molar-refractivity contribution in [2.75, 3.05) is 5.32 Å². The maximum Gasteiger partial charge on any atom is 0.327 e. The van der Waals surface area contributed by atoms with Crippen LogP contribution in [0.25, 0.3) is 0 Å². The third kappa shape index (κ3) is 7.24. The number of aromatic nitrogens is 2. The molecule has 6 heteroatoms. The maximum atomic E-state index is 11.7. The highest BCUT2D eigenvalue weighted by molar-refractivity contribution is 6.00. The smallest absolute Gasteiger partial charge is 0.292 e. The number of anilines is 1. The first-order valence-electron chi connectivity index (χ1n) is 8.14. The van der Waals surface area contributed by atoms with Gasteiger partial charge in [0, 0.05) is 19.5 Å². The quantitative estimate of drug-likeness (QED) is 0.685. The average Bonchev–Trinajstić information content (AvgIpc) is 2.75. The molecule has 2 N–H and O–H groups in total. The van der Waals surface area contributed by atoms with Crippen molar-refractivity contribution in [3.63, 3.8) is 0 Å². The predicted octanol–water partition coefficient (Wildman–Crippen LogP) is 3.52. The van der Waals surface area contributed by atoms with E-state index in [0.717, 1.165) is 25.0 Å². The molecule has 0 aliphatic carbocycles. The molecule has 0 saturated heterocycles. The lowest BCUT2D eigenvalue weighted by atomic mass is 10.1. The first kappa shape index (κ1) is 18.2. The minimum absolute atomic E-state index is 0.232. The Morgan fingerprint density at radius 3 is 2.36 bits per heavy atom. The number of amides is 3. The Labute approximate surface area is 132 Å². The van der Waals surface area contributed by atoms with E-state index in [-0.39, 0.29) is 5.91 Å². The third-order valence-electron chi connectivity index (χ3n) is 3.50. The topological polar surface area (TPSA) is 76.0 Å². The summed E-state index contributed by atoms with van der Waals surface area (Å²) >= 11 is 0. The Morgan fingerprint density at radius 2 is 1.77 bits per heavy atom. The van der Waals surface area contributed by atoms with Crippen molar-refractivity contribution in [1.29, 1.82) is 0 Å². The van der Waals surface area contributed by atoms with E-state index in [1.165, 1.54) is 25.7 Å². The van der Waals surface area contributed by atoms with E-state index in [0.29, 0.717) is 12.2 Å². The van der Waals surface area contributed by atoms with Crippen molar-refractivity contribution >= 4 is 17.8 Å². The van der Waals surface area contributed by atoms with Crippen molar-refractivity contribution in [3.05, 3.63) is 11.8 Å². The summed E-state index contributed by atoms with van der Waals surface area (Å²) < 4.78 is 1.57. The SMILES string of the molecule is CCCCCCCCCC(=O)NC(=O)Nc1cc(C)nn1C. The van der Waals surface area contributed by atoms with Gasteiger partial charge in [-0.3, -0.25) is 20.1 Å². The Balaban J connectivity index is 2.14. The van der Waals surface area contributed by atoms with Gasteiger partial charge in [0.05, 0.1) is 5.69 Å². The predicted molar refractivity (Wildman–Crippen MR) is 87.7 cm³/mol. The molecule has 0 unspecified atom stereocenters. The molecule has 0 saturated carbocycles. The van der Waals surface area contributed by atoms with Crippen LogP contribution in [-0.4, -0.2) is 21.7 Å². The van der Waals surface area contributed by atoms with E-state index in [2.05, 4.69) is 22.7 Å². The summed E-state index contributed by atoms with van der Waals surface area (Å²) in [6, 6.07) is 1.25. The number of rotatable bonds is 9. The van der Waals surface area contributed by atoms with Gasteiger partial charge in [-0.1, -0.05) is 45.4 Å². The fraction of sp³-hybridized carbons (Fsp3) is 0.688. The van der Waals surface area contributed by atoms with E-state index in [1.54, 1.807) is 17.8 Å². The highest BCUT2D eigenvalue weighted by atomic mass is 16.2. The van der Waals surface area contributed by atoms with Gasteiger partial charge in [0.25, 0.3) is 0 Å². The van der Waals surface area contributed by atoms with Gasteiger partial charge < -0.3 is 0 Å². The van der Waals surface area contributed by atoms with E-state index in [1.807, 2.05) is 6.92 Å². The van der Waals surface area contributed by atoms with Gasteiger partial charge in [-0.2, -0.15) is 5.10 Å². The molecule has 0 bridgehead atoms. The number of aryl methyl sites for hydroxylation is 2. The summed E-state index contributed by atoms with van der Waals surface area (Å²) in [6.45, 7) is 4.04. The number of carbonyl (C=O) groups excluding carboxylic acids is 2. The van der Waals surface area contributed by atoms with Crippen LogP contribution < -0.4 is 10.6 Å². The molecule has 1 aromatic heterocycles. The van der Waals surface area contributed by atoms with E-state index in [4.69, 9.17) is 0 Å². The molecular formula is C16H28N4O2. The van der Waals surface area contributed by atoms with Crippen molar-refractivity contribution in [3.8, 4) is 0 Å². The summed E-state index contributed by atoms with van der Waals surface area (Å²) in [5.41, 5.74) is 0.812. The second-order valence-corrected chi connectivity index (χ2v) is 5.67. The van der Waals surface area contributed by atoms with E-state index >= 15 is 0 Å². The summed E-state index contributed by atoms with van der Waals surface area (Å²) in [4.78, 5) is 23.4. The van der Waals surface area contributed by atoms with Crippen LogP contribution in [0.1, 0.15) is 64.0 Å². The number of nitrogens with zero attached hydrogens (tertiary/aromatic N) is 2. The summed E-state index contributed by atoms with van der Waals surface area (Å²) in [7, 11) is 1.74. The molecule has 1 rings (SSSR count). The zero-order chi connectivity index (χ0) is 16.4. The standard InChI is InChI=1S/C16H28N4O2/c1-4-5-6-7-8-9-10-11-15(21)18-16(22)17-14-12-13(2)19-20(14)3/h12H,4-11H2,1-3H3,(H2,17,18,21,22). The number of nitrogens with one attached hydrogen (secondary N) is 2. The van der Waals surface area contributed by atoms with Crippen LogP contribution >= 0.6 is 0 Å². The zero-order valence-corrected chi connectivity index (χ0v) is 13.9. The summed E-state index contributed by atoms with van der Waals surface area (Å²) in [6.07, 6.45) is 8.46. The van der Waals surface area contributed by atoms with Crippen LogP contribution in [0, 0.1) is 6.92 Å². The van der Waals surface area contributed by atoms with E-state index < -0.39 is 6.03 Å². The molecule has 1 heterocycles. The third-order valence-corrected chi connectivity index (χ3v) is 3.50. The van der Waals surface area contributed by atoms with Crippen LogP contribution in [-0.2, 0) is 11.8 Å². The fourth-order valence-electron chi connectivity index (χ4n) is 2.31. The first-order chi connectivity index (χ1) is 10.5. The van der Waals surface area contributed by atoms with E-state index in [9.17, 15) is 9.59 Å². The minimum atomic E-state index is -0.504. The number of imide groups is 1. The van der Waals surface area contributed by atoms with Crippen molar-refractivity contribution < 1.29 is 9.59 Å². The molecule has 1 aromatic rings. The summed E-state index contributed by atoms with van der Waals surface area (Å²) in [5.74, 6) is 0.337. The molecule has 3 amide bonds. The van der Waals surface area contributed by atoms with Gasteiger partial charge in [0.1, 0.15) is 5.82 Å². The van der Waals surface area contributed by atoms with Gasteiger partial charge in [0.15, 0.2) is 0 Å². The number of urea groups is 1. The van der Waals surface area contributed by atoms with Crippen molar-refractivity contribution in [1.82, 2.24) is 15.1 Å². The largest absolute Gasteiger partial charge is 0.327 e. The normalized spacial score (nSPS) is 10.5. The minimum Gasteiger partial charge on any atom is -0.292 e. The fourth-order valence-corrected chi connectivity index (χ4v) is 2.31. The second-order valence-electron chi connectivity index (χ2n) is 5.67. The van der Waals surface area contributed by atoms with Crippen molar-refractivity contribution in [2.45, 2.75) is 65.2 Å². The zero-order valence-electron chi connectivity index (χ0n) is 13.9. The Kier molecular flexibility index (Phi) is 8.25. The molecule has 0 spiro atoms. The maximum absolute atomic E-state index is 11.7. The lowest BCUT2D eigenvalue weighted by molar-refractivity contribution is -0.120. The molecule has 0 aromatic carbocycles. The Morgan fingerprint density at radius 1 is 1.14 bits per heavy atom. The monoisotopic (exact) mass is 308 g/mol. The molecule has 22 heavy (non-hydrogen) atoms. The Hall–Kier alpha value is -1.85. The first-order valence-corrected chi connectivity index (χ1v) is 8.14. The second kappa shape index (κ2) is 9.97. The molecule has 0 aliphatic heterocycles. The lowest BCUT2D eigenvalue weighted by Gasteiger charge is -2.06. The van der Waals surface area contributed by atoms with Gasteiger partial charge in [-0.05, 0) is 13.3 Å². The number of hydrogen-bond donors (Lipinski definition) is 2. The molecule has 0 aliphatic rings. The highest BCUT2D eigenvalue weighted by Crippen LogP contribution is 2.09. The van der Waals surface area contributed by atoms with Gasteiger partial charge in [-0.25, -0.2) is 4.79 Å². The van der Waals surface area contributed by atoms with Crippen LogP contribution in [0.15, 0.2) is 6.07 Å². The van der Waals surface area contributed by atoms with Crippen LogP contribution in [0.2, 0.25) is 0 Å². The van der Waals surface area contributed by atoms with Gasteiger partial charge in [0.2, 0.25) is 5.91 Å². The molecule has 0 radical (unpaired) electrons. The molecule has 0 atom stereocenters. The van der Waals surface area contributed by atoms with Crippen LogP contribution in [0.4, 0.5) is 10.6 Å². The lowest BCUT2D eigenvalue weighted by Crippen LogP contribution is -2.34. The van der Waals surface area contributed by atoms with Gasteiger partial charge in [-0.15, -0.1) is 0 Å². The number of hydrogen-bond acceptors (Lipinski definition) is 3. The van der Waals surface area contributed by atoms with Crippen LogP contribution in [0.5, 0.6) is 0 Å². The van der Waals surface area contributed by atoms with Crippen LogP contribution in [0.3, 0.4) is 0 Å². The summed E-state index contributed by atoms with van der Waals surface area (Å²) in [5, 5.41) is 9.09. The average molecular weight is 308 g/mol. The highest BCUT2D eigenvalue weighted by Gasteiger charge is 2.10. The van der Waals surface area contributed by atoms with Crippen molar-refractivity contribution in [2.24, 2.45) is 7.05 Å².